The van der Waals surface area contributed by atoms with Crippen molar-refractivity contribution in [2.24, 2.45) is 0 Å². The number of benzene rings is 1. The number of aromatic nitrogens is 4. The summed E-state index contributed by atoms with van der Waals surface area (Å²) in [4.78, 5) is 20.8. The summed E-state index contributed by atoms with van der Waals surface area (Å²) in [5.41, 5.74) is 2.38. The SMILES string of the molecule is Cc1nn(-c2ncccn2)c2c1[C@H](c1c(Cl)cccc1Cl)CC(=O)N2. The monoisotopic (exact) mass is 373 g/mol. The lowest BCUT2D eigenvalue weighted by molar-refractivity contribution is -0.116. The van der Waals surface area contributed by atoms with E-state index < -0.39 is 0 Å². The van der Waals surface area contributed by atoms with E-state index in [2.05, 4.69) is 20.4 Å². The first-order chi connectivity index (χ1) is 12.1. The van der Waals surface area contributed by atoms with E-state index in [1.54, 1.807) is 41.3 Å². The van der Waals surface area contributed by atoms with Gasteiger partial charge in [-0.15, -0.1) is 0 Å². The fraction of sp³-hybridized carbons (Fsp3) is 0.176. The van der Waals surface area contributed by atoms with Crippen LogP contribution in [0.3, 0.4) is 0 Å². The van der Waals surface area contributed by atoms with Gasteiger partial charge < -0.3 is 5.32 Å². The molecule has 4 rings (SSSR count). The Bertz CT molecular complexity index is 950. The zero-order valence-electron chi connectivity index (χ0n) is 13.2. The molecule has 3 heterocycles. The number of fused-ring (bicyclic) bond motifs is 1. The molecule has 0 aliphatic carbocycles. The first-order valence-corrected chi connectivity index (χ1v) is 8.42. The van der Waals surface area contributed by atoms with Crippen LogP contribution in [0, 0.1) is 6.92 Å². The van der Waals surface area contributed by atoms with E-state index in [0.717, 1.165) is 16.8 Å². The van der Waals surface area contributed by atoms with Crippen LogP contribution in [-0.4, -0.2) is 25.7 Å². The fourth-order valence-corrected chi connectivity index (χ4v) is 3.84. The van der Waals surface area contributed by atoms with Crippen LogP contribution in [-0.2, 0) is 4.79 Å². The number of amides is 1. The third-order valence-corrected chi connectivity index (χ3v) is 4.85. The smallest absolute Gasteiger partial charge is 0.252 e. The normalized spacial score (nSPS) is 16.4. The summed E-state index contributed by atoms with van der Waals surface area (Å²) in [5, 5.41) is 8.46. The fourth-order valence-electron chi connectivity index (χ4n) is 3.18. The predicted molar refractivity (Wildman–Crippen MR) is 95.4 cm³/mol. The van der Waals surface area contributed by atoms with Gasteiger partial charge in [0.15, 0.2) is 0 Å². The van der Waals surface area contributed by atoms with E-state index in [0.29, 0.717) is 21.8 Å². The van der Waals surface area contributed by atoms with Crippen molar-refractivity contribution in [2.75, 3.05) is 5.32 Å². The molecule has 8 heteroatoms. The minimum Gasteiger partial charge on any atom is -0.310 e. The van der Waals surface area contributed by atoms with Crippen LogP contribution in [0.2, 0.25) is 10.0 Å². The highest BCUT2D eigenvalue weighted by atomic mass is 35.5. The third-order valence-electron chi connectivity index (χ3n) is 4.19. The summed E-state index contributed by atoms with van der Waals surface area (Å²) in [6.45, 7) is 1.88. The van der Waals surface area contributed by atoms with E-state index in [1.807, 2.05) is 6.92 Å². The van der Waals surface area contributed by atoms with E-state index >= 15 is 0 Å². The Morgan fingerprint density at radius 2 is 1.80 bits per heavy atom. The summed E-state index contributed by atoms with van der Waals surface area (Å²) in [6, 6.07) is 7.05. The molecule has 0 saturated heterocycles. The summed E-state index contributed by atoms with van der Waals surface area (Å²) < 4.78 is 1.54. The van der Waals surface area contributed by atoms with Crippen LogP contribution in [0.4, 0.5) is 5.82 Å². The maximum atomic E-state index is 12.3. The van der Waals surface area contributed by atoms with Gasteiger partial charge in [0.25, 0.3) is 5.95 Å². The van der Waals surface area contributed by atoms with E-state index in [4.69, 9.17) is 23.2 Å². The molecule has 1 atom stereocenters. The number of anilines is 1. The van der Waals surface area contributed by atoms with Crippen molar-refractivity contribution in [3.05, 3.63) is 63.5 Å². The third kappa shape index (κ3) is 2.67. The average Bonchev–Trinajstić information content (AvgIpc) is 2.92. The molecule has 0 fully saturated rings. The second-order valence-corrected chi connectivity index (χ2v) is 6.56. The predicted octanol–water partition coefficient (Wildman–Crippen LogP) is 3.75. The van der Waals surface area contributed by atoms with Gasteiger partial charge in [0.05, 0.1) is 5.69 Å². The highest BCUT2D eigenvalue weighted by molar-refractivity contribution is 6.36. The molecule has 0 spiro atoms. The molecule has 1 N–H and O–H groups in total. The summed E-state index contributed by atoms with van der Waals surface area (Å²) in [6.07, 6.45) is 3.50. The van der Waals surface area contributed by atoms with E-state index in [1.165, 1.54) is 0 Å². The Labute approximate surface area is 153 Å². The molecule has 2 aromatic heterocycles. The Morgan fingerprint density at radius 3 is 2.48 bits per heavy atom. The Kier molecular flexibility index (Phi) is 3.94. The number of hydrogen-bond donors (Lipinski definition) is 1. The number of hydrogen-bond acceptors (Lipinski definition) is 4. The molecular formula is C17H13Cl2N5O. The molecule has 0 radical (unpaired) electrons. The van der Waals surface area contributed by atoms with Crippen molar-refractivity contribution >= 4 is 34.9 Å². The molecule has 126 valence electrons. The van der Waals surface area contributed by atoms with Crippen molar-refractivity contribution in [3.8, 4) is 5.95 Å². The van der Waals surface area contributed by atoms with Gasteiger partial charge >= 0.3 is 0 Å². The second-order valence-electron chi connectivity index (χ2n) is 5.75. The van der Waals surface area contributed by atoms with E-state index in [-0.39, 0.29) is 18.2 Å². The van der Waals surface area contributed by atoms with Gasteiger partial charge in [-0.2, -0.15) is 9.78 Å². The van der Waals surface area contributed by atoms with Crippen LogP contribution < -0.4 is 5.32 Å². The van der Waals surface area contributed by atoms with Crippen LogP contribution in [0.5, 0.6) is 0 Å². The molecule has 25 heavy (non-hydrogen) atoms. The van der Waals surface area contributed by atoms with Crippen molar-refractivity contribution < 1.29 is 4.79 Å². The Morgan fingerprint density at radius 1 is 1.12 bits per heavy atom. The lowest BCUT2D eigenvalue weighted by Crippen LogP contribution is -2.25. The highest BCUT2D eigenvalue weighted by Gasteiger charge is 2.35. The average molecular weight is 374 g/mol. The number of nitrogens with one attached hydrogen (secondary N) is 1. The molecule has 6 nitrogen and oxygen atoms in total. The molecule has 3 aromatic rings. The van der Waals surface area contributed by atoms with Crippen LogP contribution in [0.15, 0.2) is 36.7 Å². The van der Waals surface area contributed by atoms with Gasteiger partial charge in [0, 0.05) is 40.3 Å². The quantitative estimate of drug-likeness (QED) is 0.742. The minimum atomic E-state index is -0.276. The molecule has 0 unspecified atom stereocenters. The molecule has 1 aromatic carbocycles. The maximum Gasteiger partial charge on any atom is 0.252 e. The van der Waals surface area contributed by atoms with Crippen LogP contribution in [0.1, 0.15) is 29.2 Å². The number of carbonyl (C=O) groups excluding carboxylic acids is 1. The molecule has 1 aliphatic rings. The highest BCUT2D eigenvalue weighted by Crippen LogP contribution is 2.44. The zero-order chi connectivity index (χ0) is 17.6. The van der Waals surface area contributed by atoms with Gasteiger partial charge in [-0.3, -0.25) is 4.79 Å². The largest absolute Gasteiger partial charge is 0.310 e. The maximum absolute atomic E-state index is 12.3. The number of rotatable bonds is 2. The topological polar surface area (TPSA) is 72.7 Å². The van der Waals surface area contributed by atoms with E-state index in [9.17, 15) is 4.79 Å². The van der Waals surface area contributed by atoms with Gasteiger partial charge in [-0.25, -0.2) is 9.97 Å². The second kappa shape index (κ2) is 6.13. The van der Waals surface area contributed by atoms with Crippen LogP contribution >= 0.6 is 23.2 Å². The summed E-state index contributed by atoms with van der Waals surface area (Å²) in [7, 11) is 0. The standard InChI is InChI=1S/C17H13Cl2N5O/c1-9-14-10(15-11(18)4-2-5-12(15)19)8-13(25)22-16(14)24(23-9)17-20-6-3-7-21-17/h2-7,10H,8H2,1H3,(H,22,25)/t10-/m1/s1. The van der Waals surface area contributed by atoms with Gasteiger partial charge in [-0.05, 0) is 30.7 Å². The van der Waals surface area contributed by atoms with Gasteiger partial charge in [0.1, 0.15) is 5.82 Å². The van der Waals surface area contributed by atoms with Crippen molar-refractivity contribution in [3.63, 3.8) is 0 Å². The molecule has 1 amide bonds. The number of aryl methyl sites for hydroxylation is 1. The molecule has 0 bridgehead atoms. The molecule has 1 aliphatic heterocycles. The van der Waals surface area contributed by atoms with Gasteiger partial charge in [-0.1, -0.05) is 29.3 Å². The first-order valence-electron chi connectivity index (χ1n) is 7.67. The minimum absolute atomic E-state index is 0.134. The zero-order valence-corrected chi connectivity index (χ0v) is 14.7. The number of nitrogens with zero attached hydrogens (tertiary/aromatic N) is 4. The van der Waals surface area contributed by atoms with Crippen molar-refractivity contribution in [1.29, 1.82) is 0 Å². The Hall–Kier alpha value is -2.44. The summed E-state index contributed by atoms with van der Waals surface area (Å²) in [5.74, 6) is 0.534. The van der Waals surface area contributed by atoms with Gasteiger partial charge in [0.2, 0.25) is 5.91 Å². The number of halogens is 2. The lowest BCUT2D eigenvalue weighted by Gasteiger charge is -2.25. The lowest BCUT2D eigenvalue weighted by atomic mass is 9.85. The summed E-state index contributed by atoms with van der Waals surface area (Å²) >= 11 is 12.8. The molecule has 0 saturated carbocycles. The first kappa shape index (κ1) is 16.1. The van der Waals surface area contributed by atoms with Crippen LogP contribution in [0.25, 0.3) is 5.95 Å². The number of carbonyl (C=O) groups is 1. The van der Waals surface area contributed by atoms with Crippen molar-refractivity contribution in [1.82, 2.24) is 19.7 Å². The Balaban J connectivity index is 1.94. The molecular weight excluding hydrogens is 361 g/mol. The van der Waals surface area contributed by atoms with Crippen molar-refractivity contribution in [2.45, 2.75) is 19.3 Å².